The largest absolute Gasteiger partial charge is 0.447 e. The fourth-order valence-corrected chi connectivity index (χ4v) is 1.16. The Morgan fingerprint density at radius 1 is 1.31 bits per heavy atom. The van der Waals surface area contributed by atoms with E-state index in [9.17, 15) is 0 Å². The molecule has 0 saturated carbocycles. The van der Waals surface area contributed by atoms with E-state index in [0.717, 1.165) is 5.56 Å². The van der Waals surface area contributed by atoms with Gasteiger partial charge >= 0.3 is 6.48 Å². The smallest absolute Gasteiger partial charge is 0.315 e. The Labute approximate surface area is 96.6 Å². The second-order valence-electron chi connectivity index (χ2n) is 3.64. The van der Waals surface area contributed by atoms with Crippen LogP contribution in [-0.2, 0) is 20.8 Å². The van der Waals surface area contributed by atoms with Crippen molar-refractivity contribution < 1.29 is 14.2 Å². The minimum Gasteiger partial charge on any atom is -0.447 e. The molecule has 3 heteroatoms. The molecule has 0 aliphatic carbocycles. The monoisotopic (exact) mass is 222 g/mol. The van der Waals surface area contributed by atoms with E-state index in [2.05, 4.69) is 6.58 Å². The van der Waals surface area contributed by atoms with E-state index in [1.54, 1.807) is 6.92 Å². The molecule has 1 aromatic rings. The molecule has 0 fully saturated rings. The lowest BCUT2D eigenvalue weighted by Gasteiger charge is -2.17. The van der Waals surface area contributed by atoms with Crippen molar-refractivity contribution in [2.75, 3.05) is 7.11 Å². The fraction of sp³-hybridized carbons (Fsp3) is 0.385. The number of rotatable bonds is 6. The van der Waals surface area contributed by atoms with Gasteiger partial charge in [-0.25, -0.2) is 0 Å². The molecule has 1 unspecified atom stereocenters. The zero-order valence-electron chi connectivity index (χ0n) is 10.0. The summed E-state index contributed by atoms with van der Waals surface area (Å²) in [6.45, 7) is 7.18. The molecule has 0 aliphatic rings. The average molecular weight is 222 g/mol. The van der Waals surface area contributed by atoms with Gasteiger partial charge in [0.15, 0.2) is 0 Å². The predicted molar refractivity (Wildman–Crippen MR) is 62.7 cm³/mol. The van der Waals surface area contributed by atoms with E-state index in [4.69, 9.17) is 14.2 Å². The van der Waals surface area contributed by atoms with Gasteiger partial charge in [-0.15, -0.1) is 0 Å². The van der Waals surface area contributed by atoms with Crippen LogP contribution in [0, 0.1) is 6.92 Å². The van der Waals surface area contributed by atoms with Gasteiger partial charge < -0.3 is 14.2 Å². The van der Waals surface area contributed by atoms with Gasteiger partial charge in [-0.2, -0.15) is 0 Å². The van der Waals surface area contributed by atoms with Gasteiger partial charge in [-0.1, -0.05) is 36.4 Å². The molecule has 0 heterocycles. The van der Waals surface area contributed by atoms with Crippen LogP contribution in [0.15, 0.2) is 36.6 Å². The van der Waals surface area contributed by atoms with Crippen LogP contribution in [0.4, 0.5) is 0 Å². The van der Waals surface area contributed by atoms with Crippen molar-refractivity contribution in [3.63, 3.8) is 0 Å². The van der Waals surface area contributed by atoms with Crippen LogP contribution >= 0.6 is 0 Å². The van der Waals surface area contributed by atoms with E-state index in [1.807, 2.05) is 31.2 Å². The molecule has 3 nitrogen and oxygen atoms in total. The van der Waals surface area contributed by atoms with Crippen LogP contribution in [0.1, 0.15) is 18.1 Å². The van der Waals surface area contributed by atoms with Crippen LogP contribution in [0.25, 0.3) is 0 Å². The highest BCUT2D eigenvalue weighted by molar-refractivity contribution is 5.20. The number of hydrogen-bond acceptors (Lipinski definition) is 3. The zero-order chi connectivity index (χ0) is 12.0. The number of hydrogen-bond donors (Lipinski definition) is 0. The lowest BCUT2D eigenvalue weighted by Crippen LogP contribution is -2.18. The molecular formula is C13H18O3. The molecule has 0 N–H and O–H groups in total. The van der Waals surface area contributed by atoms with Crippen molar-refractivity contribution in [2.45, 2.75) is 26.9 Å². The normalized spacial score (nSPS) is 12.2. The van der Waals surface area contributed by atoms with E-state index in [-0.39, 0.29) is 0 Å². The Morgan fingerprint density at radius 2 is 1.94 bits per heavy atom. The number of ether oxygens (including phenoxy) is 3. The molecule has 88 valence electrons. The summed E-state index contributed by atoms with van der Waals surface area (Å²) in [7, 11) is 1.53. The predicted octanol–water partition coefficient (Wildman–Crippen LogP) is 2.99. The summed E-state index contributed by atoms with van der Waals surface area (Å²) in [5.74, 6) is 0.566. The zero-order valence-corrected chi connectivity index (χ0v) is 10.0. The molecule has 0 saturated heterocycles. The summed E-state index contributed by atoms with van der Waals surface area (Å²) in [6.07, 6.45) is 0. The van der Waals surface area contributed by atoms with Gasteiger partial charge in [0.1, 0.15) is 0 Å². The Bertz CT molecular complexity index is 330. The Hall–Kier alpha value is -1.32. The third-order valence-electron chi connectivity index (χ3n) is 2.00. The van der Waals surface area contributed by atoms with Gasteiger partial charge in [-0.05, 0) is 19.4 Å². The molecule has 0 spiro atoms. The highest BCUT2D eigenvalue weighted by atomic mass is 16.8. The lowest BCUT2D eigenvalue weighted by atomic mass is 10.2. The third-order valence-corrected chi connectivity index (χ3v) is 2.00. The highest BCUT2D eigenvalue weighted by Crippen LogP contribution is 2.08. The topological polar surface area (TPSA) is 27.7 Å². The SMILES string of the molecule is C=C(C)OC(OC)OCc1ccc(C)cc1. The van der Waals surface area contributed by atoms with Crippen LogP contribution in [0.3, 0.4) is 0 Å². The third kappa shape index (κ3) is 4.47. The van der Waals surface area contributed by atoms with Crippen molar-refractivity contribution in [1.29, 1.82) is 0 Å². The van der Waals surface area contributed by atoms with Gasteiger partial charge in [0.05, 0.1) is 12.4 Å². The summed E-state index contributed by atoms with van der Waals surface area (Å²) < 4.78 is 15.6. The molecular weight excluding hydrogens is 204 g/mol. The number of allylic oxidation sites excluding steroid dienone is 1. The van der Waals surface area contributed by atoms with E-state index >= 15 is 0 Å². The molecule has 1 rings (SSSR count). The number of benzene rings is 1. The quantitative estimate of drug-likeness (QED) is 0.547. The minimum absolute atomic E-state index is 0.450. The Morgan fingerprint density at radius 3 is 2.44 bits per heavy atom. The molecule has 1 aromatic carbocycles. The first kappa shape index (κ1) is 12.7. The summed E-state index contributed by atoms with van der Waals surface area (Å²) in [5, 5.41) is 0. The van der Waals surface area contributed by atoms with Crippen LogP contribution in [0.5, 0.6) is 0 Å². The van der Waals surface area contributed by atoms with Gasteiger partial charge in [0, 0.05) is 7.11 Å². The summed E-state index contributed by atoms with van der Waals surface area (Å²) in [6, 6.07) is 8.12. The summed E-state index contributed by atoms with van der Waals surface area (Å²) >= 11 is 0. The van der Waals surface area contributed by atoms with E-state index in [0.29, 0.717) is 12.4 Å². The maximum atomic E-state index is 5.42. The highest BCUT2D eigenvalue weighted by Gasteiger charge is 2.08. The first-order valence-corrected chi connectivity index (χ1v) is 5.14. The summed E-state index contributed by atoms with van der Waals surface area (Å²) in [4.78, 5) is 0. The number of methoxy groups -OCH3 is 1. The van der Waals surface area contributed by atoms with Crippen molar-refractivity contribution in [1.82, 2.24) is 0 Å². The second kappa shape index (κ2) is 6.30. The summed E-state index contributed by atoms with van der Waals surface area (Å²) in [5.41, 5.74) is 2.31. The average Bonchev–Trinajstić information content (AvgIpc) is 2.26. The molecule has 16 heavy (non-hydrogen) atoms. The Kier molecular flexibility index (Phi) is 5.02. The molecule has 0 aromatic heterocycles. The first-order valence-electron chi connectivity index (χ1n) is 5.14. The Balaban J connectivity index is 2.43. The van der Waals surface area contributed by atoms with Gasteiger partial charge in [0.25, 0.3) is 0 Å². The number of aryl methyl sites for hydroxylation is 1. The molecule has 0 bridgehead atoms. The van der Waals surface area contributed by atoms with Gasteiger partial charge in [0.2, 0.25) is 0 Å². The van der Waals surface area contributed by atoms with Crippen LogP contribution < -0.4 is 0 Å². The van der Waals surface area contributed by atoms with Crippen LogP contribution in [-0.4, -0.2) is 13.6 Å². The fourth-order valence-electron chi connectivity index (χ4n) is 1.16. The van der Waals surface area contributed by atoms with Crippen molar-refractivity contribution >= 4 is 0 Å². The maximum Gasteiger partial charge on any atom is 0.315 e. The minimum atomic E-state index is -0.696. The standard InChI is InChI=1S/C13H18O3/c1-10(2)16-13(14-4)15-9-12-7-5-11(3)6-8-12/h5-8,13H,1,9H2,2-4H3. The molecule has 0 radical (unpaired) electrons. The van der Waals surface area contributed by atoms with Crippen molar-refractivity contribution in [3.05, 3.63) is 47.7 Å². The maximum absolute atomic E-state index is 5.42. The van der Waals surface area contributed by atoms with E-state index < -0.39 is 6.48 Å². The van der Waals surface area contributed by atoms with Crippen molar-refractivity contribution in [3.8, 4) is 0 Å². The van der Waals surface area contributed by atoms with E-state index in [1.165, 1.54) is 12.7 Å². The molecule has 0 aliphatic heterocycles. The molecule has 1 atom stereocenters. The van der Waals surface area contributed by atoms with Crippen LogP contribution in [0.2, 0.25) is 0 Å². The van der Waals surface area contributed by atoms with Gasteiger partial charge in [-0.3, -0.25) is 0 Å². The first-order chi connectivity index (χ1) is 7.61. The van der Waals surface area contributed by atoms with Crippen molar-refractivity contribution in [2.24, 2.45) is 0 Å². The second-order valence-corrected chi connectivity index (χ2v) is 3.64. The molecule has 0 amide bonds. The lowest BCUT2D eigenvalue weighted by molar-refractivity contribution is -0.264.